The van der Waals surface area contributed by atoms with E-state index < -0.39 is 0 Å². The third-order valence-corrected chi connectivity index (χ3v) is 4.48. The number of ether oxygens (including phenoxy) is 1. The van der Waals surface area contributed by atoms with Crippen LogP contribution in [0.1, 0.15) is 43.2 Å². The third-order valence-electron chi connectivity index (χ3n) is 4.48. The zero-order chi connectivity index (χ0) is 13.5. The van der Waals surface area contributed by atoms with Crippen LogP contribution in [-0.2, 0) is 5.54 Å². The van der Waals surface area contributed by atoms with E-state index in [2.05, 4.69) is 24.0 Å². The Morgan fingerprint density at radius 3 is 2.63 bits per heavy atom. The molecule has 0 atom stereocenters. The van der Waals surface area contributed by atoms with Crippen molar-refractivity contribution in [2.24, 2.45) is 5.73 Å². The lowest BCUT2D eigenvalue weighted by Gasteiger charge is -2.35. The molecule has 3 nitrogen and oxygen atoms in total. The largest absolute Gasteiger partial charge is 0.496 e. The van der Waals surface area contributed by atoms with Crippen molar-refractivity contribution in [3.8, 4) is 5.75 Å². The van der Waals surface area contributed by atoms with Gasteiger partial charge in [-0.25, -0.2) is 0 Å². The maximum atomic E-state index is 6.68. The summed E-state index contributed by atoms with van der Waals surface area (Å²) < 4.78 is 5.72. The number of rotatable bonds is 2. The van der Waals surface area contributed by atoms with Gasteiger partial charge in [-0.2, -0.15) is 0 Å². The van der Waals surface area contributed by atoms with E-state index in [9.17, 15) is 0 Å². The minimum absolute atomic E-state index is 0.221. The summed E-state index contributed by atoms with van der Waals surface area (Å²) in [6.45, 7) is 2.11. The first kappa shape index (κ1) is 12.5. The molecule has 1 aromatic heterocycles. The highest BCUT2D eigenvalue weighted by molar-refractivity contribution is 5.90. The molecule has 1 fully saturated rings. The Hall–Kier alpha value is -1.48. The van der Waals surface area contributed by atoms with E-state index in [1.165, 1.54) is 35.8 Å². The molecular weight excluding hydrogens is 236 g/mol. The van der Waals surface area contributed by atoms with Crippen LogP contribution in [-0.4, -0.2) is 12.1 Å². The summed E-state index contributed by atoms with van der Waals surface area (Å²) in [6, 6.07) is 4.27. The van der Waals surface area contributed by atoms with Gasteiger partial charge in [0.25, 0.3) is 0 Å². The van der Waals surface area contributed by atoms with Crippen molar-refractivity contribution in [1.82, 2.24) is 4.98 Å². The molecule has 1 heterocycles. The average Bonchev–Trinajstić information content (AvgIpc) is 2.80. The molecule has 0 amide bonds. The van der Waals surface area contributed by atoms with Gasteiger partial charge in [-0.1, -0.05) is 25.3 Å². The van der Waals surface area contributed by atoms with Gasteiger partial charge < -0.3 is 15.5 Å². The maximum Gasteiger partial charge on any atom is 0.133 e. The number of nitrogens with two attached hydrogens (primary N) is 1. The molecule has 19 heavy (non-hydrogen) atoms. The Morgan fingerprint density at radius 2 is 1.95 bits per heavy atom. The Labute approximate surface area is 114 Å². The maximum absolute atomic E-state index is 6.68. The molecule has 2 aromatic rings. The van der Waals surface area contributed by atoms with Crippen molar-refractivity contribution in [3.63, 3.8) is 0 Å². The molecule has 1 aliphatic rings. The molecule has 0 unspecified atom stereocenters. The van der Waals surface area contributed by atoms with E-state index in [0.717, 1.165) is 24.1 Å². The van der Waals surface area contributed by atoms with Crippen LogP contribution in [0.25, 0.3) is 10.9 Å². The van der Waals surface area contributed by atoms with E-state index in [-0.39, 0.29) is 5.54 Å². The summed E-state index contributed by atoms with van der Waals surface area (Å²) in [5.41, 5.74) is 9.97. The van der Waals surface area contributed by atoms with Crippen molar-refractivity contribution in [1.29, 1.82) is 0 Å². The highest BCUT2D eigenvalue weighted by Gasteiger charge is 2.33. The summed E-state index contributed by atoms with van der Waals surface area (Å²) >= 11 is 0. The number of H-pyrrole nitrogens is 1. The lowest BCUT2D eigenvalue weighted by atomic mass is 9.76. The van der Waals surface area contributed by atoms with Gasteiger partial charge in [-0.3, -0.25) is 0 Å². The lowest BCUT2D eigenvalue weighted by molar-refractivity contribution is 0.290. The number of nitrogens with one attached hydrogen (secondary N) is 1. The third kappa shape index (κ3) is 1.93. The number of aromatic nitrogens is 1. The van der Waals surface area contributed by atoms with Gasteiger partial charge in [-0.05, 0) is 31.4 Å². The van der Waals surface area contributed by atoms with Crippen LogP contribution in [0.4, 0.5) is 0 Å². The number of benzene rings is 1. The Kier molecular flexibility index (Phi) is 3.02. The van der Waals surface area contributed by atoms with Crippen molar-refractivity contribution >= 4 is 10.9 Å². The van der Waals surface area contributed by atoms with Gasteiger partial charge in [0.2, 0.25) is 0 Å². The fourth-order valence-electron chi connectivity index (χ4n) is 3.41. The lowest BCUT2D eigenvalue weighted by Crippen LogP contribution is -2.38. The Balaban J connectivity index is 2.20. The number of fused-ring (bicyclic) bond motifs is 1. The van der Waals surface area contributed by atoms with Gasteiger partial charge in [0, 0.05) is 28.2 Å². The Bertz CT molecular complexity index is 594. The minimum atomic E-state index is -0.221. The van der Waals surface area contributed by atoms with Gasteiger partial charge >= 0.3 is 0 Å². The molecule has 0 radical (unpaired) electrons. The molecule has 102 valence electrons. The molecule has 0 spiro atoms. The van der Waals surface area contributed by atoms with Crippen LogP contribution < -0.4 is 10.5 Å². The van der Waals surface area contributed by atoms with Crippen LogP contribution in [0, 0.1) is 6.92 Å². The topological polar surface area (TPSA) is 51.0 Å². The quantitative estimate of drug-likeness (QED) is 0.864. The van der Waals surface area contributed by atoms with Crippen LogP contribution in [0.5, 0.6) is 5.75 Å². The van der Waals surface area contributed by atoms with E-state index in [1.54, 1.807) is 7.11 Å². The molecule has 1 saturated carbocycles. The second-order valence-corrected chi connectivity index (χ2v) is 5.76. The van der Waals surface area contributed by atoms with Crippen LogP contribution in [0.2, 0.25) is 0 Å². The van der Waals surface area contributed by atoms with Crippen molar-refractivity contribution in [3.05, 3.63) is 29.5 Å². The molecule has 0 bridgehead atoms. The number of methoxy groups -OCH3 is 1. The molecule has 0 aliphatic heterocycles. The van der Waals surface area contributed by atoms with Gasteiger partial charge in [0.15, 0.2) is 0 Å². The highest BCUT2D eigenvalue weighted by atomic mass is 16.5. The average molecular weight is 258 g/mol. The van der Waals surface area contributed by atoms with Crippen LogP contribution >= 0.6 is 0 Å². The SMILES string of the molecule is COc1c(C2(N)CCCCC2)ccc2[nH]cc(C)c12. The molecule has 1 aliphatic carbocycles. The fraction of sp³-hybridized carbons (Fsp3) is 0.500. The Morgan fingerprint density at radius 1 is 1.21 bits per heavy atom. The van der Waals surface area contributed by atoms with E-state index >= 15 is 0 Å². The van der Waals surface area contributed by atoms with Crippen molar-refractivity contribution in [2.75, 3.05) is 7.11 Å². The van der Waals surface area contributed by atoms with E-state index in [4.69, 9.17) is 10.5 Å². The van der Waals surface area contributed by atoms with Gasteiger partial charge in [-0.15, -0.1) is 0 Å². The predicted molar refractivity (Wildman–Crippen MR) is 78.5 cm³/mol. The van der Waals surface area contributed by atoms with E-state index in [0.29, 0.717) is 0 Å². The van der Waals surface area contributed by atoms with Crippen LogP contribution in [0.3, 0.4) is 0 Å². The summed E-state index contributed by atoms with van der Waals surface area (Å²) in [7, 11) is 1.75. The smallest absolute Gasteiger partial charge is 0.133 e. The molecule has 0 saturated heterocycles. The summed E-state index contributed by atoms with van der Waals surface area (Å²) in [5.74, 6) is 0.959. The molecular formula is C16H22N2O. The number of hydrogen-bond acceptors (Lipinski definition) is 2. The van der Waals surface area contributed by atoms with Crippen molar-refractivity contribution < 1.29 is 4.74 Å². The summed E-state index contributed by atoms with van der Waals surface area (Å²) in [6.07, 6.45) is 7.86. The summed E-state index contributed by atoms with van der Waals surface area (Å²) in [4.78, 5) is 3.28. The molecule has 3 rings (SSSR count). The van der Waals surface area contributed by atoms with E-state index in [1.807, 2.05) is 6.20 Å². The van der Waals surface area contributed by atoms with Crippen LogP contribution in [0.15, 0.2) is 18.3 Å². The normalized spacial score (nSPS) is 18.7. The summed E-state index contributed by atoms with van der Waals surface area (Å²) in [5, 5.41) is 1.18. The van der Waals surface area contributed by atoms with Gasteiger partial charge in [0.1, 0.15) is 5.75 Å². The zero-order valence-electron chi connectivity index (χ0n) is 11.8. The first-order valence-corrected chi connectivity index (χ1v) is 7.10. The number of aromatic amines is 1. The second-order valence-electron chi connectivity index (χ2n) is 5.76. The minimum Gasteiger partial charge on any atom is -0.496 e. The molecule has 1 aromatic carbocycles. The second kappa shape index (κ2) is 4.57. The highest BCUT2D eigenvalue weighted by Crippen LogP contribution is 2.42. The first-order chi connectivity index (χ1) is 9.15. The monoisotopic (exact) mass is 258 g/mol. The molecule has 3 N–H and O–H groups in total. The zero-order valence-corrected chi connectivity index (χ0v) is 11.8. The molecule has 3 heteroatoms. The first-order valence-electron chi connectivity index (χ1n) is 7.10. The van der Waals surface area contributed by atoms with Gasteiger partial charge in [0.05, 0.1) is 7.11 Å². The number of aryl methyl sites for hydroxylation is 1. The predicted octanol–water partition coefficient (Wildman–Crippen LogP) is 3.60. The van der Waals surface area contributed by atoms with Crippen molar-refractivity contribution in [2.45, 2.75) is 44.6 Å². The fourth-order valence-corrected chi connectivity index (χ4v) is 3.41. The standard InChI is InChI=1S/C16H22N2O/c1-11-10-18-13-7-6-12(15(19-2)14(11)13)16(17)8-4-3-5-9-16/h6-7,10,18H,3-5,8-9,17H2,1-2H3. The number of hydrogen-bond donors (Lipinski definition) is 2.